The van der Waals surface area contributed by atoms with E-state index in [4.69, 9.17) is 0 Å². The molecule has 2 N–H and O–H groups in total. The number of hydrogen-bond donors (Lipinski definition) is 2. The highest BCUT2D eigenvalue weighted by molar-refractivity contribution is 4.96. The normalized spacial score (nSPS) is 12.9. The SMILES string of the molecule is CC(C)(O)C(C)(C)NCc1ncccn1. The molecule has 1 aromatic heterocycles. The number of aliphatic hydroxyl groups is 1. The van der Waals surface area contributed by atoms with Crippen molar-refractivity contribution in [2.24, 2.45) is 0 Å². The summed E-state index contributed by atoms with van der Waals surface area (Å²) in [6.45, 7) is 8.03. The summed E-state index contributed by atoms with van der Waals surface area (Å²) in [7, 11) is 0. The first kappa shape index (κ1) is 12.1. The van der Waals surface area contributed by atoms with Crippen LogP contribution < -0.4 is 5.32 Å². The smallest absolute Gasteiger partial charge is 0.141 e. The second-order valence-corrected chi connectivity index (χ2v) is 4.70. The minimum absolute atomic E-state index is 0.383. The summed E-state index contributed by atoms with van der Waals surface area (Å²) in [5, 5.41) is 13.2. The van der Waals surface area contributed by atoms with Crippen LogP contribution in [0.25, 0.3) is 0 Å². The van der Waals surface area contributed by atoms with Gasteiger partial charge in [-0.25, -0.2) is 9.97 Å². The summed E-state index contributed by atoms with van der Waals surface area (Å²) in [5.74, 6) is 0.731. The second-order valence-electron chi connectivity index (χ2n) is 4.70. The Morgan fingerprint density at radius 1 is 1.20 bits per heavy atom. The maximum absolute atomic E-state index is 9.92. The Morgan fingerprint density at radius 3 is 2.20 bits per heavy atom. The summed E-state index contributed by atoms with van der Waals surface area (Å²) >= 11 is 0. The number of nitrogens with one attached hydrogen (secondary N) is 1. The van der Waals surface area contributed by atoms with Crippen molar-refractivity contribution in [3.63, 3.8) is 0 Å². The minimum Gasteiger partial charge on any atom is -0.389 e. The van der Waals surface area contributed by atoms with Crippen LogP contribution in [0.3, 0.4) is 0 Å². The molecule has 1 aromatic rings. The minimum atomic E-state index is -0.790. The van der Waals surface area contributed by atoms with Gasteiger partial charge < -0.3 is 10.4 Å². The molecule has 0 fully saturated rings. The largest absolute Gasteiger partial charge is 0.389 e. The van der Waals surface area contributed by atoms with E-state index in [-0.39, 0.29) is 5.54 Å². The fourth-order valence-corrected chi connectivity index (χ4v) is 0.938. The number of nitrogens with zero attached hydrogens (tertiary/aromatic N) is 2. The fourth-order valence-electron chi connectivity index (χ4n) is 0.938. The number of hydrogen-bond acceptors (Lipinski definition) is 4. The quantitative estimate of drug-likeness (QED) is 0.780. The van der Waals surface area contributed by atoms with Crippen molar-refractivity contribution < 1.29 is 5.11 Å². The zero-order chi connectivity index (χ0) is 11.5. The van der Waals surface area contributed by atoms with Gasteiger partial charge in [0, 0.05) is 17.9 Å². The lowest BCUT2D eigenvalue weighted by Crippen LogP contribution is -2.55. The summed E-state index contributed by atoms with van der Waals surface area (Å²) < 4.78 is 0. The molecule has 0 aliphatic heterocycles. The predicted molar refractivity (Wildman–Crippen MR) is 59.2 cm³/mol. The van der Waals surface area contributed by atoms with Gasteiger partial charge in [-0.3, -0.25) is 0 Å². The molecule has 0 aliphatic carbocycles. The number of rotatable bonds is 4. The molecule has 0 unspecified atom stereocenters. The highest BCUT2D eigenvalue weighted by Crippen LogP contribution is 2.20. The average Bonchev–Trinajstić information content (AvgIpc) is 2.15. The van der Waals surface area contributed by atoms with Crippen molar-refractivity contribution in [1.29, 1.82) is 0 Å². The molecule has 1 heterocycles. The van der Waals surface area contributed by atoms with Crippen molar-refractivity contribution in [2.45, 2.75) is 45.4 Å². The van der Waals surface area contributed by atoms with E-state index >= 15 is 0 Å². The van der Waals surface area contributed by atoms with Gasteiger partial charge in [0.1, 0.15) is 5.82 Å². The molecular formula is C11H19N3O. The molecule has 1 rings (SSSR count). The van der Waals surface area contributed by atoms with Gasteiger partial charge in [0.15, 0.2) is 0 Å². The molecule has 0 atom stereocenters. The molecule has 4 nitrogen and oxygen atoms in total. The third kappa shape index (κ3) is 3.25. The van der Waals surface area contributed by atoms with Crippen LogP contribution >= 0.6 is 0 Å². The fraction of sp³-hybridized carbons (Fsp3) is 0.636. The van der Waals surface area contributed by atoms with Gasteiger partial charge in [-0.2, -0.15) is 0 Å². The van der Waals surface area contributed by atoms with Crippen molar-refractivity contribution >= 4 is 0 Å². The summed E-state index contributed by atoms with van der Waals surface area (Å²) in [5.41, 5.74) is -1.17. The van der Waals surface area contributed by atoms with E-state index < -0.39 is 5.60 Å². The lowest BCUT2D eigenvalue weighted by Gasteiger charge is -2.38. The maximum atomic E-state index is 9.92. The van der Waals surface area contributed by atoms with Crippen LogP contribution in [0, 0.1) is 0 Å². The van der Waals surface area contributed by atoms with Crippen LogP contribution in [0.1, 0.15) is 33.5 Å². The van der Waals surface area contributed by atoms with Gasteiger partial charge in [-0.15, -0.1) is 0 Å². The van der Waals surface area contributed by atoms with Crippen LogP contribution in [0.2, 0.25) is 0 Å². The third-order valence-electron chi connectivity index (χ3n) is 2.84. The van der Waals surface area contributed by atoms with Crippen LogP contribution in [0.15, 0.2) is 18.5 Å². The first-order valence-electron chi connectivity index (χ1n) is 5.06. The van der Waals surface area contributed by atoms with Crippen molar-refractivity contribution in [3.8, 4) is 0 Å². The lowest BCUT2D eigenvalue weighted by atomic mass is 9.86. The molecule has 0 radical (unpaired) electrons. The molecule has 0 saturated heterocycles. The molecule has 0 bridgehead atoms. The average molecular weight is 209 g/mol. The van der Waals surface area contributed by atoms with E-state index in [9.17, 15) is 5.11 Å². The van der Waals surface area contributed by atoms with Gasteiger partial charge in [0.2, 0.25) is 0 Å². The van der Waals surface area contributed by atoms with Gasteiger partial charge in [0.05, 0.1) is 12.1 Å². The topological polar surface area (TPSA) is 58.0 Å². The summed E-state index contributed by atoms with van der Waals surface area (Å²) in [6.07, 6.45) is 3.42. The van der Waals surface area contributed by atoms with Crippen molar-refractivity contribution in [3.05, 3.63) is 24.3 Å². The third-order valence-corrected chi connectivity index (χ3v) is 2.84. The lowest BCUT2D eigenvalue weighted by molar-refractivity contribution is -0.00560. The molecule has 15 heavy (non-hydrogen) atoms. The molecule has 0 aliphatic rings. The summed E-state index contributed by atoms with van der Waals surface area (Å²) in [6, 6.07) is 1.78. The van der Waals surface area contributed by atoms with Crippen LogP contribution in [0.4, 0.5) is 0 Å². The standard InChI is InChI=1S/C11H19N3O/c1-10(2,11(3,4)15)14-8-9-12-6-5-7-13-9/h5-7,14-15H,8H2,1-4H3. The Bertz CT molecular complexity index is 303. The zero-order valence-corrected chi connectivity index (χ0v) is 9.78. The van der Waals surface area contributed by atoms with Gasteiger partial charge in [-0.05, 0) is 33.8 Å². The highest BCUT2D eigenvalue weighted by atomic mass is 16.3. The van der Waals surface area contributed by atoms with E-state index in [1.165, 1.54) is 0 Å². The molecule has 84 valence electrons. The van der Waals surface area contributed by atoms with E-state index in [0.717, 1.165) is 5.82 Å². The number of aromatic nitrogens is 2. The molecule has 0 spiro atoms. The van der Waals surface area contributed by atoms with Crippen LogP contribution in [-0.2, 0) is 6.54 Å². The second kappa shape index (κ2) is 4.24. The Morgan fingerprint density at radius 2 is 1.73 bits per heavy atom. The highest BCUT2D eigenvalue weighted by Gasteiger charge is 2.34. The molecule has 0 amide bonds. The van der Waals surface area contributed by atoms with Crippen LogP contribution in [0.5, 0.6) is 0 Å². The van der Waals surface area contributed by atoms with E-state index in [0.29, 0.717) is 6.54 Å². The van der Waals surface area contributed by atoms with Crippen molar-refractivity contribution in [2.75, 3.05) is 0 Å². The molecule has 0 aromatic carbocycles. The predicted octanol–water partition coefficient (Wildman–Crippen LogP) is 1.12. The first-order chi connectivity index (χ1) is 6.83. The molecule has 4 heteroatoms. The Labute approximate surface area is 90.8 Å². The van der Waals surface area contributed by atoms with E-state index in [1.54, 1.807) is 32.3 Å². The van der Waals surface area contributed by atoms with E-state index in [1.807, 2.05) is 13.8 Å². The monoisotopic (exact) mass is 209 g/mol. The van der Waals surface area contributed by atoms with E-state index in [2.05, 4.69) is 15.3 Å². The molecule has 0 saturated carbocycles. The Hall–Kier alpha value is -1.00. The first-order valence-corrected chi connectivity index (χ1v) is 5.06. The van der Waals surface area contributed by atoms with Gasteiger partial charge in [-0.1, -0.05) is 0 Å². The van der Waals surface area contributed by atoms with Crippen molar-refractivity contribution in [1.82, 2.24) is 15.3 Å². The Kier molecular flexibility index (Phi) is 3.42. The Balaban J connectivity index is 2.58. The van der Waals surface area contributed by atoms with Crippen LogP contribution in [-0.4, -0.2) is 26.2 Å². The molecular weight excluding hydrogens is 190 g/mol. The van der Waals surface area contributed by atoms with Gasteiger partial charge in [0.25, 0.3) is 0 Å². The zero-order valence-electron chi connectivity index (χ0n) is 9.78. The summed E-state index contributed by atoms with van der Waals surface area (Å²) in [4.78, 5) is 8.22. The maximum Gasteiger partial charge on any atom is 0.141 e. The van der Waals surface area contributed by atoms with Gasteiger partial charge >= 0.3 is 0 Å².